The molecule has 3 aromatic heterocycles. The van der Waals surface area contributed by atoms with Crippen molar-refractivity contribution in [2.75, 3.05) is 0 Å². The van der Waals surface area contributed by atoms with E-state index in [9.17, 15) is 0 Å². The number of rotatable bonds is 2. The molecule has 0 fully saturated rings. The third kappa shape index (κ3) is 2.99. The van der Waals surface area contributed by atoms with Gasteiger partial charge in [-0.1, -0.05) is 97.1 Å². The van der Waals surface area contributed by atoms with E-state index in [1.54, 1.807) is 0 Å². The largest absolute Gasteiger partial charge is 0.292 e. The standard InChI is InChI=1S/C36H21N3S/c1-2-11-23-21-31-29(20-22(23)10-1)24-12-5-7-17-30(24)39(31)36-26-14-4-3-13-25(26)35(37-38-36)28-16-9-19-33-34(28)27-15-6-8-18-32(27)40-33/h1-21H. The number of hydrogen-bond donors (Lipinski definition) is 0. The average Bonchev–Trinajstić information content (AvgIpc) is 3.55. The van der Waals surface area contributed by atoms with E-state index in [4.69, 9.17) is 10.2 Å². The second-order valence-corrected chi connectivity index (χ2v) is 11.3. The molecule has 9 rings (SSSR count). The lowest BCUT2D eigenvalue weighted by molar-refractivity contribution is 0.978. The van der Waals surface area contributed by atoms with Crippen molar-refractivity contribution in [3.63, 3.8) is 0 Å². The van der Waals surface area contributed by atoms with Crippen LogP contribution < -0.4 is 0 Å². The van der Waals surface area contributed by atoms with Crippen molar-refractivity contribution < 1.29 is 0 Å². The summed E-state index contributed by atoms with van der Waals surface area (Å²) >= 11 is 1.83. The topological polar surface area (TPSA) is 30.7 Å². The summed E-state index contributed by atoms with van der Waals surface area (Å²) in [4.78, 5) is 0. The van der Waals surface area contributed by atoms with Crippen LogP contribution >= 0.6 is 11.3 Å². The Balaban J connectivity index is 1.39. The maximum atomic E-state index is 4.99. The summed E-state index contributed by atoms with van der Waals surface area (Å²) in [5, 5.41) is 19.6. The molecule has 0 aliphatic carbocycles. The first-order valence-electron chi connectivity index (χ1n) is 13.4. The molecule has 0 unspecified atom stereocenters. The van der Waals surface area contributed by atoms with Crippen LogP contribution in [0.3, 0.4) is 0 Å². The van der Waals surface area contributed by atoms with Crippen LogP contribution in [0.2, 0.25) is 0 Å². The highest BCUT2D eigenvalue weighted by Crippen LogP contribution is 2.42. The summed E-state index contributed by atoms with van der Waals surface area (Å²) in [7, 11) is 0. The predicted molar refractivity (Wildman–Crippen MR) is 170 cm³/mol. The minimum absolute atomic E-state index is 0.850. The van der Waals surface area contributed by atoms with Crippen molar-refractivity contribution in [1.29, 1.82) is 0 Å². The van der Waals surface area contributed by atoms with E-state index in [2.05, 4.69) is 132 Å². The molecule has 0 saturated heterocycles. The molecule has 0 aliphatic rings. The minimum atomic E-state index is 0.850. The fourth-order valence-corrected chi connectivity index (χ4v) is 7.44. The lowest BCUT2D eigenvalue weighted by Crippen LogP contribution is -2.02. The van der Waals surface area contributed by atoms with Gasteiger partial charge in [0.1, 0.15) is 5.69 Å². The summed E-state index contributed by atoms with van der Waals surface area (Å²) in [6.45, 7) is 0. The summed E-state index contributed by atoms with van der Waals surface area (Å²) in [5.74, 6) is 0.850. The van der Waals surface area contributed by atoms with Crippen molar-refractivity contribution in [2.24, 2.45) is 0 Å². The average molecular weight is 528 g/mol. The molecule has 0 atom stereocenters. The van der Waals surface area contributed by atoms with Crippen LogP contribution in [0.25, 0.3) is 80.6 Å². The first-order valence-corrected chi connectivity index (χ1v) is 14.3. The van der Waals surface area contributed by atoms with Gasteiger partial charge in [0.2, 0.25) is 0 Å². The SMILES string of the molecule is c1ccc2cc3c(cc2c1)c1ccccc1n3-c1nnc(-c2cccc3sc4ccccc4c23)c2ccccc12. The minimum Gasteiger partial charge on any atom is -0.292 e. The van der Waals surface area contributed by atoms with Crippen molar-refractivity contribution in [3.05, 3.63) is 127 Å². The summed E-state index contributed by atoms with van der Waals surface area (Å²) in [6.07, 6.45) is 0. The first-order chi connectivity index (χ1) is 19.8. The fraction of sp³-hybridized carbons (Fsp3) is 0. The van der Waals surface area contributed by atoms with Crippen LogP contribution in [0.15, 0.2) is 127 Å². The van der Waals surface area contributed by atoms with E-state index in [0.717, 1.165) is 38.9 Å². The second-order valence-electron chi connectivity index (χ2n) is 10.3. The molecule has 6 aromatic carbocycles. The molecule has 0 saturated carbocycles. The van der Waals surface area contributed by atoms with Crippen molar-refractivity contribution in [2.45, 2.75) is 0 Å². The Kier molecular flexibility index (Phi) is 4.48. The molecule has 0 aliphatic heterocycles. The molecular weight excluding hydrogens is 506 g/mol. The van der Waals surface area contributed by atoms with E-state index in [1.165, 1.54) is 41.7 Å². The summed E-state index contributed by atoms with van der Waals surface area (Å²) < 4.78 is 4.84. The Morgan fingerprint density at radius 3 is 2.02 bits per heavy atom. The number of fused-ring (bicyclic) bond motifs is 8. The lowest BCUT2D eigenvalue weighted by Gasteiger charge is -2.13. The third-order valence-electron chi connectivity index (χ3n) is 8.08. The molecule has 3 heterocycles. The van der Waals surface area contributed by atoms with Gasteiger partial charge in [-0.2, -0.15) is 0 Å². The van der Waals surface area contributed by atoms with Crippen LogP contribution in [-0.4, -0.2) is 14.8 Å². The van der Waals surface area contributed by atoms with E-state index in [1.807, 2.05) is 11.3 Å². The van der Waals surface area contributed by atoms with Gasteiger partial charge in [0.25, 0.3) is 0 Å². The van der Waals surface area contributed by atoms with E-state index in [0.29, 0.717) is 0 Å². The van der Waals surface area contributed by atoms with Crippen LogP contribution in [-0.2, 0) is 0 Å². The monoisotopic (exact) mass is 527 g/mol. The van der Waals surface area contributed by atoms with Crippen LogP contribution in [0.4, 0.5) is 0 Å². The number of nitrogens with zero attached hydrogens (tertiary/aromatic N) is 3. The zero-order valence-electron chi connectivity index (χ0n) is 21.4. The first kappa shape index (κ1) is 21.8. The molecule has 186 valence electrons. The van der Waals surface area contributed by atoms with Crippen LogP contribution in [0.5, 0.6) is 0 Å². The van der Waals surface area contributed by atoms with Gasteiger partial charge in [-0.05, 0) is 41.1 Å². The number of benzene rings is 6. The molecular formula is C36H21N3S. The zero-order valence-corrected chi connectivity index (χ0v) is 22.2. The van der Waals surface area contributed by atoms with E-state index >= 15 is 0 Å². The quantitative estimate of drug-likeness (QED) is 0.224. The van der Waals surface area contributed by atoms with E-state index in [-0.39, 0.29) is 0 Å². The Hall–Kier alpha value is -5.06. The Morgan fingerprint density at radius 2 is 1.15 bits per heavy atom. The van der Waals surface area contributed by atoms with Crippen LogP contribution in [0.1, 0.15) is 0 Å². The zero-order chi connectivity index (χ0) is 26.2. The molecule has 0 radical (unpaired) electrons. The number of hydrogen-bond acceptors (Lipinski definition) is 3. The molecule has 0 bridgehead atoms. The highest BCUT2D eigenvalue weighted by molar-refractivity contribution is 7.25. The van der Waals surface area contributed by atoms with Gasteiger partial charge in [-0.3, -0.25) is 4.57 Å². The molecule has 0 spiro atoms. The Bertz CT molecular complexity index is 2450. The van der Waals surface area contributed by atoms with Gasteiger partial charge in [-0.15, -0.1) is 21.5 Å². The van der Waals surface area contributed by atoms with Crippen molar-refractivity contribution >= 4 is 74.9 Å². The van der Waals surface area contributed by atoms with Gasteiger partial charge < -0.3 is 0 Å². The summed E-state index contributed by atoms with van der Waals surface area (Å²) in [5.41, 5.74) is 4.31. The molecule has 4 heteroatoms. The third-order valence-corrected chi connectivity index (χ3v) is 9.21. The molecule has 0 amide bonds. The molecule has 9 aromatic rings. The highest BCUT2D eigenvalue weighted by atomic mass is 32.1. The van der Waals surface area contributed by atoms with Crippen LogP contribution in [0, 0.1) is 0 Å². The Labute approximate surface area is 233 Å². The van der Waals surface area contributed by atoms with Crippen molar-refractivity contribution in [3.8, 4) is 17.1 Å². The fourth-order valence-electron chi connectivity index (χ4n) is 6.31. The highest BCUT2D eigenvalue weighted by Gasteiger charge is 2.20. The van der Waals surface area contributed by atoms with Gasteiger partial charge in [0, 0.05) is 47.3 Å². The molecule has 3 nitrogen and oxygen atoms in total. The molecule has 40 heavy (non-hydrogen) atoms. The molecule has 0 N–H and O–H groups in total. The van der Waals surface area contributed by atoms with E-state index < -0.39 is 0 Å². The normalized spacial score (nSPS) is 12.0. The van der Waals surface area contributed by atoms with Crippen molar-refractivity contribution in [1.82, 2.24) is 14.8 Å². The number of para-hydroxylation sites is 1. The van der Waals surface area contributed by atoms with Gasteiger partial charge in [-0.25, -0.2) is 0 Å². The predicted octanol–water partition coefficient (Wildman–Crippen LogP) is 9.91. The summed E-state index contributed by atoms with van der Waals surface area (Å²) in [6, 6.07) is 45.4. The van der Waals surface area contributed by atoms with Gasteiger partial charge in [0.05, 0.1) is 11.0 Å². The number of thiophene rings is 1. The van der Waals surface area contributed by atoms with Gasteiger partial charge >= 0.3 is 0 Å². The maximum absolute atomic E-state index is 4.99. The maximum Gasteiger partial charge on any atom is 0.168 e. The smallest absolute Gasteiger partial charge is 0.168 e. The van der Waals surface area contributed by atoms with Gasteiger partial charge in [0.15, 0.2) is 5.82 Å². The Morgan fingerprint density at radius 1 is 0.475 bits per heavy atom. The lowest BCUT2D eigenvalue weighted by atomic mass is 9.99. The number of aromatic nitrogens is 3. The second kappa shape index (κ2) is 8.22.